The van der Waals surface area contributed by atoms with E-state index in [4.69, 9.17) is 9.47 Å². The van der Waals surface area contributed by atoms with E-state index in [1.54, 1.807) is 6.92 Å². The first-order valence-electron chi connectivity index (χ1n) is 4.15. The van der Waals surface area contributed by atoms with Gasteiger partial charge in [0.05, 0.1) is 26.2 Å². The quantitative estimate of drug-likeness (QED) is 0.346. The highest BCUT2D eigenvalue weighted by Gasteiger charge is 1.99. The lowest BCUT2D eigenvalue weighted by Gasteiger charge is -2.01. The molecule has 0 unspecified atom stereocenters. The molecule has 0 spiro atoms. The molecule has 0 aliphatic carbocycles. The second-order valence-electron chi connectivity index (χ2n) is 2.20. The van der Waals surface area contributed by atoms with Crippen LogP contribution in [0.25, 0.3) is 0 Å². The first-order valence-corrected chi connectivity index (χ1v) is 4.15. The average molecular weight is 172 g/mol. The molecule has 0 heterocycles. The van der Waals surface area contributed by atoms with Crippen molar-refractivity contribution in [2.24, 2.45) is 0 Å². The van der Waals surface area contributed by atoms with E-state index in [1.165, 1.54) is 0 Å². The monoisotopic (exact) mass is 172 g/mol. The van der Waals surface area contributed by atoms with Gasteiger partial charge in [0.15, 0.2) is 0 Å². The highest BCUT2D eigenvalue weighted by Crippen LogP contribution is 1.88. The Morgan fingerprint density at radius 2 is 2.25 bits per heavy atom. The number of carbonyl (C=O) groups is 1. The summed E-state index contributed by atoms with van der Waals surface area (Å²) in [5.41, 5.74) is 0. The third kappa shape index (κ3) is 7.28. The fourth-order valence-corrected chi connectivity index (χ4v) is 0.636. The molecular formula is C9H16O3. The standard InChI is InChI=1S/C9H16O3/c1-3-5-7-11-8-6-9(10)12-4-2/h3,5H,4,6-8H2,1-2H3. The summed E-state index contributed by atoms with van der Waals surface area (Å²) in [5.74, 6) is -0.196. The van der Waals surface area contributed by atoms with Crippen molar-refractivity contribution in [1.82, 2.24) is 0 Å². The lowest BCUT2D eigenvalue weighted by molar-refractivity contribution is -0.144. The summed E-state index contributed by atoms with van der Waals surface area (Å²) in [5, 5.41) is 0. The fourth-order valence-electron chi connectivity index (χ4n) is 0.636. The van der Waals surface area contributed by atoms with Crippen molar-refractivity contribution in [1.29, 1.82) is 0 Å². The third-order valence-corrected chi connectivity index (χ3v) is 1.21. The molecule has 0 bridgehead atoms. The molecule has 0 saturated carbocycles. The Morgan fingerprint density at radius 1 is 1.50 bits per heavy atom. The number of hydrogen-bond acceptors (Lipinski definition) is 3. The van der Waals surface area contributed by atoms with Gasteiger partial charge in [-0.15, -0.1) is 0 Å². The van der Waals surface area contributed by atoms with Crippen molar-refractivity contribution in [3.63, 3.8) is 0 Å². The van der Waals surface area contributed by atoms with Crippen LogP contribution in [0.3, 0.4) is 0 Å². The van der Waals surface area contributed by atoms with Gasteiger partial charge in [0.25, 0.3) is 0 Å². The molecule has 0 atom stereocenters. The molecule has 70 valence electrons. The van der Waals surface area contributed by atoms with Gasteiger partial charge in [0, 0.05) is 0 Å². The molecule has 0 amide bonds. The summed E-state index contributed by atoms with van der Waals surface area (Å²) in [7, 11) is 0. The Bertz CT molecular complexity index is 141. The molecular weight excluding hydrogens is 156 g/mol. The van der Waals surface area contributed by atoms with Crippen LogP contribution in [0.5, 0.6) is 0 Å². The molecule has 0 saturated heterocycles. The predicted molar refractivity (Wildman–Crippen MR) is 46.9 cm³/mol. The van der Waals surface area contributed by atoms with Crippen molar-refractivity contribution < 1.29 is 14.3 Å². The van der Waals surface area contributed by atoms with Gasteiger partial charge >= 0.3 is 5.97 Å². The largest absolute Gasteiger partial charge is 0.466 e. The number of rotatable bonds is 6. The lowest BCUT2D eigenvalue weighted by Crippen LogP contribution is -2.07. The van der Waals surface area contributed by atoms with Gasteiger partial charge in [-0.25, -0.2) is 0 Å². The molecule has 12 heavy (non-hydrogen) atoms. The van der Waals surface area contributed by atoms with Crippen LogP contribution in [0, 0.1) is 0 Å². The molecule has 3 nitrogen and oxygen atoms in total. The summed E-state index contributed by atoms with van der Waals surface area (Å²) < 4.78 is 9.81. The van der Waals surface area contributed by atoms with E-state index >= 15 is 0 Å². The van der Waals surface area contributed by atoms with Crippen LogP contribution >= 0.6 is 0 Å². The van der Waals surface area contributed by atoms with E-state index in [-0.39, 0.29) is 5.97 Å². The topological polar surface area (TPSA) is 35.5 Å². The molecule has 3 heteroatoms. The van der Waals surface area contributed by atoms with Gasteiger partial charge in [-0.3, -0.25) is 4.79 Å². The maximum absolute atomic E-state index is 10.8. The normalized spacial score (nSPS) is 10.5. The zero-order valence-electron chi connectivity index (χ0n) is 7.71. The van der Waals surface area contributed by atoms with Gasteiger partial charge in [0.1, 0.15) is 0 Å². The Balaban J connectivity index is 3.13. The number of esters is 1. The smallest absolute Gasteiger partial charge is 0.308 e. The molecule has 0 N–H and O–H groups in total. The minimum Gasteiger partial charge on any atom is -0.466 e. The van der Waals surface area contributed by atoms with Crippen LogP contribution in [-0.4, -0.2) is 25.8 Å². The van der Waals surface area contributed by atoms with Crippen molar-refractivity contribution in [3.8, 4) is 0 Å². The first-order chi connectivity index (χ1) is 5.81. The number of carbonyl (C=O) groups excluding carboxylic acids is 1. The van der Waals surface area contributed by atoms with E-state index in [2.05, 4.69) is 0 Å². The molecule has 0 rings (SSSR count). The molecule has 0 aromatic heterocycles. The van der Waals surface area contributed by atoms with Gasteiger partial charge in [-0.05, 0) is 13.8 Å². The van der Waals surface area contributed by atoms with E-state index in [1.807, 2.05) is 19.1 Å². The molecule has 0 aromatic carbocycles. The SMILES string of the molecule is CC=CCOCCC(=O)OCC. The van der Waals surface area contributed by atoms with Gasteiger partial charge < -0.3 is 9.47 Å². The number of hydrogen-bond donors (Lipinski definition) is 0. The summed E-state index contributed by atoms with van der Waals surface area (Å²) in [6, 6.07) is 0. The van der Waals surface area contributed by atoms with Crippen molar-refractivity contribution in [2.45, 2.75) is 20.3 Å². The summed E-state index contributed by atoms with van der Waals surface area (Å²) in [6.07, 6.45) is 4.14. The van der Waals surface area contributed by atoms with Crippen molar-refractivity contribution >= 4 is 5.97 Å². The minimum atomic E-state index is -0.196. The zero-order valence-corrected chi connectivity index (χ0v) is 7.71. The van der Waals surface area contributed by atoms with Crippen LogP contribution in [0.4, 0.5) is 0 Å². The molecule has 0 radical (unpaired) electrons. The van der Waals surface area contributed by atoms with Crippen LogP contribution in [0.15, 0.2) is 12.2 Å². The Morgan fingerprint density at radius 3 is 2.83 bits per heavy atom. The Hall–Kier alpha value is -0.830. The minimum absolute atomic E-state index is 0.196. The number of allylic oxidation sites excluding steroid dienone is 1. The lowest BCUT2D eigenvalue weighted by atomic mass is 10.4. The summed E-state index contributed by atoms with van der Waals surface area (Å²) >= 11 is 0. The average Bonchev–Trinajstić information content (AvgIpc) is 2.05. The van der Waals surface area contributed by atoms with Gasteiger partial charge in [-0.2, -0.15) is 0 Å². The third-order valence-electron chi connectivity index (χ3n) is 1.21. The second kappa shape index (κ2) is 8.27. The first kappa shape index (κ1) is 11.2. The summed E-state index contributed by atoms with van der Waals surface area (Å²) in [4.78, 5) is 10.8. The van der Waals surface area contributed by atoms with Gasteiger partial charge in [0.2, 0.25) is 0 Å². The zero-order chi connectivity index (χ0) is 9.23. The van der Waals surface area contributed by atoms with E-state index < -0.39 is 0 Å². The summed E-state index contributed by atoms with van der Waals surface area (Å²) in [6.45, 7) is 5.15. The van der Waals surface area contributed by atoms with Gasteiger partial charge in [-0.1, -0.05) is 12.2 Å². The van der Waals surface area contributed by atoms with Crippen LogP contribution in [0.2, 0.25) is 0 Å². The number of ether oxygens (including phenoxy) is 2. The molecule has 0 aliphatic heterocycles. The van der Waals surface area contributed by atoms with E-state index in [0.717, 1.165) is 0 Å². The maximum Gasteiger partial charge on any atom is 0.308 e. The fraction of sp³-hybridized carbons (Fsp3) is 0.667. The van der Waals surface area contributed by atoms with E-state index in [9.17, 15) is 4.79 Å². The predicted octanol–water partition coefficient (Wildman–Crippen LogP) is 1.53. The highest BCUT2D eigenvalue weighted by molar-refractivity contribution is 5.69. The van der Waals surface area contributed by atoms with Crippen LogP contribution < -0.4 is 0 Å². The molecule has 0 fully saturated rings. The molecule has 0 aromatic rings. The van der Waals surface area contributed by atoms with Crippen molar-refractivity contribution in [3.05, 3.63) is 12.2 Å². The highest BCUT2D eigenvalue weighted by atomic mass is 16.5. The Labute approximate surface area is 73.4 Å². The Kier molecular flexibility index (Phi) is 7.70. The molecule has 0 aliphatic rings. The second-order valence-corrected chi connectivity index (χ2v) is 2.20. The van der Waals surface area contributed by atoms with Crippen LogP contribution in [-0.2, 0) is 14.3 Å². The maximum atomic E-state index is 10.8. The van der Waals surface area contributed by atoms with E-state index in [0.29, 0.717) is 26.2 Å². The van der Waals surface area contributed by atoms with Crippen molar-refractivity contribution in [2.75, 3.05) is 19.8 Å². The van der Waals surface area contributed by atoms with Crippen LogP contribution in [0.1, 0.15) is 20.3 Å².